The van der Waals surface area contributed by atoms with Crippen LogP contribution in [0.5, 0.6) is 0 Å². The van der Waals surface area contributed by atoms with E-state index in [2.05, 4.69) is 215 Å². The zero-order valence-electron chi connectivity index (χ0n) is 32.1. The summed E-state index contributed by atoms with van der Waals surface area (Å²) in [5.41, 5.74) is 17.8. The van der Waals surface area contributed by atoms with Crippen molar-refractivity contribution in [1.82, 2.24) is 4.57 Å². The molecule has 9 aromatic rings. The second kappa shape index (κ2) is 13.4. The number of anilines is 6. The molecule has 8 aromatic carbocycles. The molecule has 274 valence electrons. The summed E-state index contributed by atoms with van der Waals surface area (Å²) in [6.45, 7) is 2.23. The van der Waals surface area contributed by atoms with Crippen molar-refractivity contribution in [2.45, 2.75) is 38.0 Å². The summed E-state index contributed by atoms with van der Waals surface area (Å²) in [4.78, 5) is 4.87. The molecule has 0 aliphatic heterocycles. The highest BCUT2D eigenvalue weighted by Gasteiger charge is 2.45. The van der Waals surface area contributed by atoms with Crippen LogP contribution in [0.1, 0.15) is 40.7 Å². The molecule has 2 aliphatic rings. The molecule has 0 radical (unpaired) electrons. The number of hydrogen-bond donors (Lipinski definition) is 0. The van der Waals surface area contributed by atoms with E-state index >= 15 is 0 Å². The van der Waals surface area contributed by atoms with Crippen LogP contribution in [0.2, 0.25) is 0 Å². The number of para-hydroxylation sites is 4. The van der Waals surface area contributed by atoms with Gasteiger partial charge in [0.05, 0.1) is 11.0 Å². The largest absolute Gasteiger partial charge is 0.310 e. The maximum atomic E-state index is 2.53. The SMILES string of the molecule is Cc1cccc2c1c1ccc(N(c3ccccc3)c3ccc4c(c3)[C@]3(CCc5ccc(N(c6ccccc6)c6ccccc6)cc53)CC4)cc1n2-c1ccccc1. The van der Waals surface area contributed by atoms with Gasteiger partial charge < -0.3 is 14.4 Å². The summed E-state index contributed by atoms with van der Waals surface area (Å²) < 4.78 is 2.43. The first-order valence-corrected chi connectivity index (χ1v) is 20.3. The fourth-order valence-electron chi connectivity index (χ4n) is 10.1. The van der Waals surface area contributed by atoms with E-state index in [0.29, 0.717) is 0 Å². The highest BCUT2D eigenvalue weighted by Crippen LogP contribution is 2.55. The van der Waals surface area contributed by atoms with Crippen molar-refractivity contribution in [3.63, 3.8) is 0 Å². The van der Waals surface area contributed by atoms with Crippen LogP contribution in [0.25, 0.3) is 27.5 Å². The van der Waals surface area contributed by atoms with Gasteiger partial charge in [0.2, 0.25) is 0 Å². The molecule has 0 N–H and O–H groups in total. The highest BCUT2D eigenvalue weighted by molar-refractivity contribution is 6.12. The molecule has 11 rings (SSSR count). The minimum atomic E-state index is -0.0285. The van der Waals surface area contributed by atoms with Crippen molar-refractivity contribution in [1.29, 1.82) is 0 Å². The maximum Gasteiger partial charge on any atom is 0.0562 e. The quantitative estimate of drug-likeness (QED) is 0.162. The number of aromatic nitrogens is 1. The third-order valence-corrected chi connectivity index (χ3v) is 12.7. The Morgan fingerprint density at radius 1 is 0.421 bits per heavy atom. The Morgan fingerprint density at radius 2 is 0.895 bits per heavy atom. The first-order valence-electron chi connectivity index (χ1n) is 20.3. The Morgan fingerprint density at radius 3 is 1.44 bits per heavy atom. The summed E-state index contributed by atoms with van der Waals surface area (Å²) >= 11 is 0. The molecule has 2 aliphatic carbocycles. The Labute approximate surface area is 334 Å². The fourth-order valence-corrected chi connectivity index (χ4v) is 10.1. The van der Waals surface area contributed by atoms with Gasteiger partial charge in [-0.1, -0.05) is 103 Å². The van der Waals surface area contributed by atoms with Crippen LogP contribution in [0.15, 0.2) is 194 Å². The minimum absolute atomic E-state index is 0.0285. The van der Waals surface area contributed by atoms with Gasteiger partial charge >= 0.3 is 0 Å². The van der Waals surface area contributed by atoms with E-state index < -0.39 is 0 Å². The zero-order chi connectivity index (χ0) is 37.9. The second-order valence-electron chi connectivity index (χ2n) is 15.8. The van der Waals surface area contributed by atoms with E-state index in [1.807, 2.05) is 0 Å². The molecule has 1 aromatic heterocycles. The predicted octanol–water partition coefficient (Wildman–Crippen LogP) is 14.2. The lowest BCUT2D eigenvalue weighted by molar-refractivity contribution is 0.507. The van der Waals surface area contributed by atoms with Gasteiger partial charge in [0.1, 0.15) is 0 Å². The highest BCUT2D eigenvalue weighted by atomic mass is 15.1. The molecule has 0 amide bonds. The molecule has 0 saturated carbocycles. The molecule has 0 saturated heterocycles. The smallest absolute Gasteiger partial charge is 0.0562 e. The number of aryl methyl sites for hydroxylation is 3. The summed E-state index contributed by atoms with van der Waals surface area (Å²) in [6, 6.07) is 71.5. The molecule has 1 heterocycles. The van der Waals surface area contributed by atoms with Gasteiger partial charge in [-0.25, -0.2) is 0 Å². The van der Waals surface area contributed by atoms with Crippen LogP contribution in [-0.4, -0.2) is 4.57 Å². The van der Waals surface area contributed by atoms with Crippen molar-refractivity contribution >= 4 is 55.9 Å². The number of benzene rings is 8. The normalized spacial score (nSPS) is 15.6. The lowest BCUT2D eigenvalue weighted by atomic mass is 9.76. The summed E-state index contributed by atoms with van der Waals surface area (Å²) in [5, 5.41) is 2.58. The van der Waals surface area contributed by atoms with Crippen LogP contribution in [0, 0.1) is 6.92 Å². The molecular weight excluding hydrogens is 691 g/mol. The number of fused-ring (bicyclic) bond motifs is 7. The average molecular weight is 734 g/mol. The van der Waals surface area contributed by atoms with Gasteiger partial charge in [-0.2, -0.15) is 0 Å². The first-order chi connectivity index (χ1) is 28.2. The Bertz CT molecular complexity index is 2870. The summed E-state index contributed by atoms with van der Waals surface area (Å²) in [5.74, 6) is 0. The topological polar surface area (TPSA) is 11.4 Å². The third-order valence-electron chi connectivity index (χ3n) is 12.7. The molecule has 0 bridgehead atoms. The second-order valence-corrected chi connectivity index (χ2v) is 15.8. The molecule has 3 nitrogen and oxygen atoms in total. The average Bonchev–Trinajstić information content (AvgIpc) is 3.94. The zero-order valence-corrected chi connectivity index (χ0v) is 32.1. The standard InChI is InChI=1S/C54H43N3/c1-38-15-14-24-51-53(38)48-30-29-47(37-52(48)57(51)44-22-12-5-13-23-44)56(43-20-10-4-11-21-43)46-28-26-40-32-34-54(50(40)36-46)33-31-39-25-27-45(35-49(39)54)55(41-16-6-2-7-17-41)42-18-8-3-9-19-42/h2-30,35-37H,31-34H2,1H3/t54-/m1/s1. The van der Waals surface area contributed by atoms with E-state index in [1.54, 1.807) is 0 Å². The van der Waals surface area contributed by atoms with Crippen LogP contribution in [-0.2, 0) is 18.3 Å². The van der Waals surface area contributed by atoms with E-state index in [4.69, 9.17) is 0 Å². The van der Waals surface area contributed by atoms with Gasteiger partial charge in [-0.05, 0) is 151 Å². The van der Waals surface area contributed by atoms with Crippen molar-refractivity contribution in [2.24, 2.45) is 0 Å². The van der Waals surface area contributed by atoms with Crippen LogP contribution >= 0.6 is 0 Å². The van der Waals surface area contributed by atoms with Crippen molar-refractivity contribution < 1.29 is 0 Å². The summed E-state index contributed by atoms with van der Waals surface area (Å²) in [6.07, 6.45) is 4.45. The number of hydrogen-bond acceptors (Lipinski definition) is 2. The molecule has 57 heavy (non-hydrogen) atoms. The van der Waals surface area contributed by atoms with Gasteiger partial charge in [0.25, 0.3) is 0 Å². The van der Waals surface area contributed by atoms with Crippen molar-refractivity contribution in [3.05, 3.63) is 222 Å². The van der Waals surface area contributed by atoms with Gasteiger partial charge in [0, 0.05) is 56.0 Å². The lowest BCUT2D eigenvalue weighted by Gasteiger charge is -2.31. The third kappa shape index (κ3) is 5.41. The Kier molecular flexibility index (Phi) is 7.89. The van der Waals surface area contributed by atoms with E-state index in [9.17, 15) is 0 Å². The molecule has 0 unspecified atom stereocenters. The van der Waals surface area contributed by atoms with E-state index in [0.717, 1.165) is 37.1 Å². The minimum Gasteiger partial charge on any atom is -0.310 e. The summed E-state index contributed by atoms with van der Waals surface area (Å²) in [7, 11) is 0. The Balaban J connectivity index is 1.07. The van der Waals surface area contributed by atoms with Crippen LogP contribution in [0.3, 0.4) is 0 Å². The maximum absolute atomic E-state index is 2.53. The van der Waals surface area contributed by atoms with E-state index in [-0.39, 0.29) is 5.41 Å². The van der Waals surface area contributed by atoms with Gasteiger partial charge in [-0.3, -0.25) is 0 Å². The van der Waals surface area contributed by atoms with E-state index in [1.165, 1.54) is 78.1 Å². The van der Waals surface area contributed by atoms with Crippen molar-refractivity contribution in [3.8, 4) is 5.69 Å². The first kappa shape index (κ1) is 33.5. The predicted molar refractivity (Wildman–Crippen MR) is 239 cm³/mol. The molecule has 1 atom stereocenters. The molecule has 3 heteroatoms. The lowest BCUT2D eigenvalue weighted by Crippen LogP contribution is -2.22. The van der Waals surface area contributed by atoms with Crippen LogP contribution in [0.4, 0.5) is 34.1 Å². The van der Waals surface area contributed by atoms with Gasteiger partial charge in [0.15, 0.2) is 0 Å². The number of nitrogens with zero attached hydrogens (tertiary/aromatic N) is 3. The Hall–Kier alpha value is -6.84. The monoisotopic (exact) mass is 733 g/mol. The fraction of sp³-hybridized carbons (Fsp3) is 0.111. The van der Waals surface area contributed by atoms with Crippen LogP contribution < -0.4 is 9.80 Å². The number of rotatable bonds is 7. The molecular formula is C54H43N3. The van der Waals surface area contributed by atoms with Crippen molar-refractivity contribution in [2.75, 3.05) is 9.80 Å². The molecule has 1 spiro atoms. The molecule has 0 fully saturated rings. The van der Waals surface area contributed by atoms with Gasteiger partial charge in [-0.15, -0.1) is 0 Å².